The van der Waals surface area contributed by atoms with Crippen molar-refractivity contribution in [3.8, 4) is 0 Å². The molecular formula is C22H26N4O2. The summed E-state index contributed by atoms with van der Waals surface area (Å²) in [5, 5.41) is 5.95. The zero-order valence-corrected chi connectivity index (χ0v) is 16.0. The van der Waals surface area contributed by atoms with Crippen LogP contribution in [-0.2, 0) is 11.3 Å². The molecule has 1 aliphatic carbocycles. The van der Waals surface area contributed by atoms with Gasteiger partial charge >= 0.3 is 0 Å². The van der Waals surface area contributed by atoms with Crippen molar-refractivity contribution in [2.45, 2.75) is 38.6 Å². The minimum Gasteiger partial charge on any atom is -0.371 e. The second-order valence-corrected chi connectivity index (χ2v) is 7.59. The number of piperidine rings is 1. The van der Waals surface area contributed by atoms with Crippen LogP contribution < -0.4 is 15.5 Å². The number of nitrogens with one attached hydrogen (secondary N) is 2. The molecule has 0 atom stereocenters. The zero-order valence-electron chi connectivity index (χ0n) is 16.0. The van der Waals surface area contributed by atoms with Gasteiger partial charge in [0.15, 0.2) is 0 Å². The van der Waals surface area contributed by atoms with E-state index in [1.54, 1.807) is 12.4 Å². The van der Waals surface area contributed by atoms with Crippen LogP contribution in [0.4, 0.5) is 11.4 Å². The van der Waals surface area contributed by atoms with Crippen molar-refractivity contribution in [1.82, 2.24) is 10.3 Å². The predicted molar refractivity (Wildman–Crippen MR) is 109 cm³/mol. The smallest absolute Gasteiger partial charge is 0.253 e. The number of pyridine rings is 1. The summed E-state index contributed by atoms with van der Waals surface area (Å²) < 4.78 is 0. The predicted octanol–water partition coefficient (Wildman–Crippen LogP) is 3.35. The van der Waals surface area contributed by atoms with Crippen molar-refractivity contribution in [1.29, 1.82) is 0 Å². The molecule has 1 saturated heterocycles. The van der Waals surface area contributed by atoms with Crippen LogP contribution in [-0.4, -0.2) is 29.9 Å². The molecule has 0 radical (unpaired) electrons. The van der Waals surface area contributed by atoms with Gasteiger partial charge < -0.3 is 15.5 Å². The van der Waals surface area contributed by atoms with Crippen LogP contribution in [0.15, 0.2) is 42.7 Å². The number of hydrogen-bond acceptors (Lipinski definition) is 4. The number of carbonyl (C=O) groups is 2. The van der Waals surface area contributed by atoms with Crippen LogP contribution >= 0.6 is 0 Å². The maximum absolute atomic E-state index is 13.0. The quantitative estimate of drug-likeness (QED) is 0.808. The van der Waals surface area contributed by atoms with Gasteiger partial charge in [0, 0.05) is 49.3 Å². The minimum absolute atomic E-state index is 0.0486. The number of benzene rings is 1. The topological polar surface area (TPSA) is 74.3 Å². The molecule has 1 aliphatic heterocycles. The summed E-state index contributed by atoms with van der Waals surface area (Å²) in [6, 6.07) is 9.47. The van der Waals surface area contributed by atoms with Crippen molar-refractivity contribution >= 4 is 23.2 Å². The van der Waals surface area contributed by atoms with Crippen molar-refractivity contribution in [3.63, 3.8) is 0 Å². The minimum atomic E-state index is -0.132. The van der Waals surface area contributed by atoms with Gasteiger partial charge in [-0.2, -0.15) is 0 Å². The molecule has 4 rings (SSSR count). The average molecular weight is 378 g/mol. The standard InChI is InChI=1S/C22H26N4O2/c27-21(17-6-7-17)25-18-8-9-20(26-11-2-1-3-12-26)19(13-18)22(28)24-15-16-5-4-10-23-14-16/h4-5,8-10,13-14,17H,1-3,6-7,11-12,15H2,(H,24,28)(H,25,27). The highest BCUT2D eigenvalue weighted by atomic mass is 16.2. The van der Waals surface area contributed by atoms with E-state index in [4.69, 9.17) is 0 Å². The van der Waals surface area contributed by atoms with Crippen molar-refractivity contribution in [2.24, 2.45) is 5.92 Å². The zero-order chi connectivity index (χ0) is 19.3. The van der Waals surface area contributed by atoms with E-state index in [2.05, 4.69) is 20.5 Å². The van der Waals surface area contributed by atoms with Gasteiger partial charge in [-0.15, -0.1) is 0 Å². The van der Waals surface area contributed by atoms with Gasteiger partial charge in [-0.05, 0) is 61.9 Å². The van der Waals surface area contributed by atoms with E-state index in [0.717, 1.165) is 50.0 Å². The fourth-order valence-electron chi connectivity index (χ4n) is 3.58. The molecule has 0 spiro atoms. The van der Waals surface area contributed by atoms with Crippen LogP contribution in [0.25, 0.3) is 0 Å². The number of amides is 2. The molecule has 2 aliphatic rings. The van der Waals surface area contributed by atoms with Crippen LogP contribution in [0.5, 0.6) is 0 Å². The molecule has 2 amide bonds. The van der Waals surface area contributed by atoms with E-state index < -0.39 is 0 Å². The lowest BCUT2D eigenvalue weighted by Crippen LogP contribution is -2.32. The Morgan fingerprint density at radius 3 is 2.64 bits per heavy atom. The van der Waals surface area contributed by atoms with Gasteiger partial charge in [0.1, 0.15) is 0 Å². The lowest BCUT2D eigenvalue weighted by molar-refractivity contribution is -0.117. The molecule has 2 aromatic rings. The Balaban J connectivity index is 1.54. The Morgan fingerprint density at radius 1 is 1.11 bits per heavy atom. The maximum atomic E-state index is 13.0. The Hall–Kier alpha value is -2.89. The maximum Gasteiger partial charge on any atom is 0.253 e. The molecule has 146 valence electrons. The molecule has 0 bridgehead atoms. The Bertz CT molecular complexity index is 843. The molecule has 6 nitrogen and oxygen atoms in total. The SMILES string of the molecule is O=C(NCc1cccnc1)c1cc(NC(=O)C2CC2)ccc1N1CCCCC1. The molecule has 2 fully saturated rings. The fourth-order valence-corrected chi connectivity index (χ4v) is 3.58. The summed E-state index contributed by atoms with van der Waals surface area (Å²) in [6.07, 6.45) is 8.87. The van der Waals surface area contributed by atoms with Crippen LogP contribution in [0.3, 0.4) is 0 Å². The number of aromatic nitrogens is 1. The van der Waals surface area contributed by atoms with Crippen molar-refractivity contribution in [3.05, 3.63) is 53.9 Å². The lowest BCUT2D eigenvalue weighted by atomic mass is 10.1. The van der Waals surface area contributed by atoms with Gasteiger partial charge in [-0.1, -0.05) is 6.07 Å². The molecular weight excluding hydrogens is 352 g/mol. The number of hydrogen-bond donors (Lipinski definition) is 2. The van der Waals surface area contributed by atoms with Crippen LogP contribution in [0.1, 0.15) is 48.0 Å². The number of carbonyl (C=O) groups excluding carboxylic acids is 2. The lowest BCUT2D eigenvalue weighted by Gasteiger charge is -2.30. The normalized spacial score (nSPS) is 16.5. The molecule has 28 heavy (non-hydrogen) atoms. The van der Waals surface area contributed by atoms with Gasteiger partial charge in [0.2, 0.25) is 5.91 Å². The highest BCUT2D eigenvalue weighted by Gasteiger charge is 2.30. The first kappa shape index (κ1) is 18.5. The summed E-state index contributed by atoms with van der Waals surface area (Å²) in [4.78, 5) is 31.5. The summed E-state index contributed by atoms with van der Waals surface area (Å²) >= 11 is 0. The largest absolute Gasteiger partial charge is 0.371 e. The summed E-state index contributed by atoms with van der Waals surface area (Å²) in [5.41, 5.74) is 3.19. The summed E-state index contributed by atoms with van der Waals surface area (Å²) in [7, 11) is 0. The van der Waals surface area contributed by atoms with E-state index in [9.17, 15) is 9.59 Å². The Morgan fingerprint density at radius 2 is 1.93 bits per heavy atom. The molecule has 1 aromatic heterocycles. The van der Waals surface area contributed by atoms with Crippen LogP contribution in [0.2, 0.25) is 0 Å². The molecule has 0 unspecified atom stereocenters. The average Bonchev–Trinajstić information content (AvgIpc) is 3.59. The molecule has 1 saturated carbocycles. The molecule has 6 heteroatoms. The summed E-state index contributed by atoms with van der Waals surface area (Å²) in [6.45, 7) is 2.33. The Labute approximate surface area is 165 Å². The monoisotopic (exact) mass is 378 g/mol. The van der Waals surface area contributed by atoms with E-state index in [1.807, 2.05) is 30.3 Å². The van der Waals surface area contributed by atoms with E-state index in [-0.39, 0.29) is 17.7 Å². The third kappa shape index (κ3) is 4.50. The number of rotatable bonds is 6. The van der Waals surface area contributed by atoms with Crippen molar-refractivity contribution in [2.75, 3.05) is 23.3 Å². The number of anilines is 2. The molecule has 2 heterocycles. The highest BCUT2D eigenvalue weighted by Crippen LogP contribution is 2.32. The fraction of sp³-hybridized carbons (Fsp3) is 0.409. The molecule has 1 aromatic carbocycles. The van der Waals surface area contributed by atoms with E-state index in [1.165, 1.54) is 6.42 Å². The third-order valence-corrected chi connectivity index (χ3v) is 5.33. The summed E-state index contributed by atoms with van der Waals surface area (Å²) in [5.74, 6) is 0.0454. The second-order valence-electron chi connectivity index (χ2n) is 7.59. The van der Waals surface area contributed by atoms with Gasteiger partial charge in [-0.3, -0.25) is 14.6 Å². The number of nitrogens with zero attached hydrogens (tertiary/aromatic N) is 2. The van der Waals surface area contributed by atoms with E-state index in [0.29, 0.717) is 17.8 Å². The first-order chi connectivity index (χ1) is 13.7. The first-order valence-electron chi connectivity index (χ1n) is 10.1. The van der Waals surface area contributed by atoms with Gasteiger partial charge in [-0.25, -0.2) is 0 Å². The van der Waals surface area contributed by atoms with Crippen molar-refractivity contribution < 1.29 is 9.59 Å². The van der Waals surface area contributed by atoms with Crippen LogP contribution in [0, 0.1) is 5.92 Å². The van der Waals surface area contributed by atoms with E-state index >= 15 is 0 Å². The second kappa shape index (κ2) is 8.42. The highest BCUT2D eigenvalue weighted by molar-refractivity contribution is 6.02. The third-order valence-electron chi connectivity index (χ3n) is 5.33. The Kier molecular flexibility index (Phi) is 5.55. The van der Waals surface area contributed by atoms with Gasteiger partial charge in [0.05, 0.1) is 5.56 Å². The molecule has 2 N–H and O–H groups in total. The first-order valence-corrected chi connectivity index (χ1v) is 10.1. The van der Waals surface area contributed by atoms with Gasteiger partial charge in [0.25, 0.3) is 5.91 Å².